The Balaban J connectivity index is 1.81. The van der Waals surface area contributed by atoms with Gasteiger partial charge in [-0.05, 0) is 55.7 Å². The maximum absolute atomic E-state index is 12.8. The minimum absolute atomic E-state index is 0.0182. The van der Waals surface area contributed by atoms with Gasteiger partial charge in [0.1, 0.15) is 11.3 Å². The number of methoxy groups -OCH3 is 3. The molecular weight excluding hydrogens is 454 g/mol. The molecule has 0 fully saturated rings. The molecule has 9 nitrogen and oxygen atoms in total. The van der Waals surface area contributed by atoms with Crippen LogP contribution in [0.5, 0.6) is 17.2 Å². The minimum Gasteiger partial charge on any atom is -0.496 e. The smallest absolute Gasteiger partial charge is 0.339 e. The number of hydrogen-bond acceptors (Lipinski definition) is 7. The van der Waals surface area contributed by atoms with Crippen LogP contribution in [0.4, 0.5) is 0 Å². The van der Waals surface area contributed by atoms with Gasteiger partial charge < -0.3 is 29.1 Å². The molecule has 2 N–H and O–H groups in total. The predicted octanol–water partition coefficient (Wildman–Crippen LogP) is 3.70. The molecule has 0 spiro atoms. The number of fused-ring (bicyclic) bond motifs is 1. The third kappa shape index (κ3) is 5.56. The number of carboxylic acid groups (broad SMARTS) is 1. The number of carbonyl (C=O) groups is 2. The Hall–Kier alpha value is -4.01. The maximum Gasteiger partial charge on any atom is 0.339 e. The summed E-state index contributed by atoms with van der Waals surface area (Å²) < 4.78 is 21.4. The highest BCUT2D eigenvalue weighted by molar-refractivity contribution is 5.86. The summed E-state index contributed by atoms with van der Waals surface area (Å²) in [5.41, 5.74) is 2.36. The zero-order valence-electron chi connectivity index (χ0n) is 20.4. The van der Waals surface area contributed by atoms with E-state index in [1.165, 1.54) is 14.2 Å². The Morgan fingerprint density at radius 2 is 1.63 bits per heavy atom. The molecule has 35 heavy (non-hydrogen) atoms. The highest BCUT2D eigenvalue weighted by Crippen LogP contribution is 2.32. The van der Waals surface area contributed by atoms with Gasteiger partial charge in [0.25, 0.3) is 0 Å². The normalized spacial score (nSPS) is 11.7. The van der Waals surface area contributed by atoms with Crippen LogP contribution < -0.4 is 25.2 Å². The molecule has 2 aromatic carbocycles. The van der Waals surface area contributed by atoms with Gasteiger partial charge in [-0.25, -0.2) is 4.79 Å². The van der Waals surface area contributed by atoms with Crippen LogP contribution in [0.15, 0.2) is 39.5 Å². The fourth-order valence-corrected chi connectivity index (χ4v) is 4.08. The molecule has 1 heterocycles. The van der Waals surface area contributed by atoms with E-state index >= 15 is 0 Å². The van der Waals surface area contributed by atoms with Crippen molar-refractivity contribution in [1.29, 1.82) is 0 Å². The van der Waals surface area contributed by atoms with Gasteiger partial charge in [-0.1, -0.05) is 6.07 Å². The maximum atomic E-state index is 12.8. The van der Waals surface area contributed by atoms with Crippen molar-refractivity contribution in [1.82, 2.24) is 5.32 Å². The van der Waals surface area contributed by atoms with E-state index < -0.39 is 23.5 Å². The van der Waals surface area contributed by atoms with E-state index in [0.29, 0.717) is 34.0 Å². The summed E-state index contributed by atoms with van der Waals surface area (Å²) in [6.45, 7) is 3.63. The lowest BCUT2D eigenvalue weighted by Gasteiger charge is -2.19. The Kier molecular flexibility index (Phi) is 8.01. The van der Waals surface area contributed by atoms with E-state index in [0.717, 1.165) is 16.5 Å². The number of rotatable bonds is 10. The van der Waals surface area contributed by atoms with Crippen LogP contribution in [0.25, 0.3) is 11.0 Å². The molecule has 1 aromatic heterocycles. The standard InChI is InChI=1S/C26H29NO8/c1-14-17-7-10-20(32-3)15(2)25(17)35-26(31)18(14)8-11-23(28)27-19(13-24(29)30)16-6-9-21(33-4)22(12-16)34-5/h6-7,9-10,12,19H,8,11,13H2,1-5H3,(H,27,28)(H,29,30)/t19-/m0/s1. The van der Waals surface area contributed by atoms with Crippen molar-refractivity contribution in [2.24, 2.45) is 0 Å². The number of amides is 1. The van der Waals surface area contributed by atoms with E-state index in [9.17, 15) is 19.5 Å². The van der Waals surface area contributed by atoms with Crippen molar-refractivity contribution in [2.45, 2.75) is 39.2 Å². The Bertz CT molecular complexity index is 1310. The van der Waals surface area contributed by atoms with Gasteiger partial charge in [0.15, 0.2) is 11.5 Å². The zero-order chi connectivity index (χ0) is 25.7. The average Bonchev–Trinajstić information content (AvgIpc) is 2.83. The first kappa shape index (κ1) is 25.6. The molecule has 9 heteroatoms. The second-order valence-corrected chi connectivity index (χ2v) is 8.09. The van der Waals surface area contributed by atoms with Crippen molar-refractivity contribution < 1.29 is 33.3 Å². The number of aryl methyl sites for hydroxylation is 2. The van der Waals surface area contributed by atoms with E-state index in [1.54, 1.807) is 31.4 Å². The summed E-state index contributed by atoms with van der Waals surface area (Å²) in [6, 6.07) is 7.79. The van der Waals surface area contributed by atoms with Gasteiger partial charge in [0.2, 0.25) is 5.91 Å². The SMILES string of the molecule is COc1ccc([C@H](CC(=O)O)NC(=O)CCc2c(C)c3ccc(OC)c(C)c3oc2=O)cc1OC. The van der Waals surface area contributed by atoms with Crippen molar-refractivity contribution >= 4 is 22.8 Å². The number of carboxylic acids is 1. The molecule has 186 valence electrons. The summed E-state index contributed by atoms with van der Waals surface area (Å²) in [5, 5.41) is 12.9. The average molecular weight is 484 g/mol. The molecule has 0 saturated heterocycles. The quantitative estimate of drug-likeness (QED) is 0.418. The number of benzene rings is 2. The second kappa shape index (κ2) is 10.9. The van der Waals surface area contributed by atoms with Crippen LogP contribution in [0.1, 0.15) is 41.1 Å². The lowest BCUT2D eigenvalue weighted by Crippen LogP contribution is -2.30. The molecule has 3 rings (SSSR count). The molecule has 0 unspecified atom stereocenters. The largest absolute Gasteiger partial charge is 0.496 e. The van der Waals surface area contributed by atoms with Gasteiger partial charge in [0.05, 0.1) is 33.8 Å². The Labute approximate surface area is 202 Å². The number of hydrogen-bond donors (Lipinski definition) is 2. The fourth-order valence-electron chi connectivity index (χ4n) is 4.08. The van der Waals surface area contributed by atoms with Gasteiger partial charge in [0, 0.05) is 22.9 Å². The molecule has 0 aliphatic heterocycles. The monoisotopic (exact) mass is 483 g/mol. The van der Waals surface area contributed by atoms with Crippen LogP contribution in [-0.2, 0) is 16.0 Å². The van der Waals surface area contributed by atoms with Crippen LogP contribution in [0, 0.1) is 13.8 Å². The highest BCUT2D eigenvalue weighted by atomic mass is 16.5. The molecule has 1 amide bonds. The van der Waals surface area contributed by atoms with Gasteiger partial charge in [-0.2, -0.15) is 0 Å². The van der Waals surface area contributed by atoms with Crippen molar-refractivity contribution in [3.05, 3.63) is 63.0 Å². The van der Waals surface area contributed by atoms with E-state index in [2.05, 4.69) is 5.32 Å². The molecule has 0 saturated carbocycles. The van der Waals surface area contributed by atoms with Crippen LogP contribution in [0.2, 0.25) is 0 Å². The van der Waals surface area contributed by atoms with Crippen molar-refractivity contribution in [3.8, 4) is 17.2 Å². The summed E-state index contributed by atoms with van der Waals surface area (Å²) >= 11 is 0. The van der Waals surface area contributed by atoms with Crippen LogP contribution in [-0.4, -0.2) is 38.3 Å². The van der Waals surface area contributed by atoms with Crippen molar-refractivity contribution in [3.63, 3.8) is 0 Å². The summed E-state index contributed by atoms with van der Waals surface area (Å²) in [5.74, 6) is 0.0681. The Morgan fingerprint density at radius 3 is 2.26 bits per heavy atom. The van der Waals surface area contributed by atoms with Gasteiger partial charge in [-0.3, -0.25) is 9.59 Å². The van der Waals surface area contributed by atoms with Crippen molar-refractivity contribution in [2.75, 3.05) is 21.3 Å². The van der Waals surface area contributed by atoms with E-state index in [1.807, 2.05) is 19.9 Å². The van der Waals surface area contributed by atoms with Gasteiger partial charge >= 0.3 is 11.6 Å². The first-order valence-corrected chi connectivity index (χ1v) is 11.0. The van der Waals surface area contributed by atoms with Gasteiger partial charge in [-0.15, -0.1) is 0 Å². The molecule has 0 radical (unpaired) electrons. The van der Waals surface area contributed by atoms with Crippen LogP contribution in [0.3, 0.4) is 0 Å². The summed E-state index contributed by atoms with van der Waals surface area (Å²) in [7, 11) is 4.52. The van der Waals surface area contributed by atoms with Crippen LogP contribution >= 0.6 is 0 Å². The Morgan fingerprint density at radius 1 is 0.971 bits per heavy atom. The number of aliphatic carboxylic acids is 1. The first-order chi connectivity index (χ1) is 16.7. The number of nitrogens with one attached hydrogen (secondary N) is 1. The highest BCUT2D eigenvalue weighted by Gasteiger charge is 2.21. The number of carbonyl (C=O) groups excluding carboxylic acids is 1. The summed E-state index contributed by atoms with van der Waals surface area (Å²) in [6.07, 6.45) is -0.193. The lowest BCUT2D eigenvalue weighted by molar-refractivity contribution is -0.137. The molecule has 0 aliphatic rings. The number of ether oxygens (including phenoxy) is 3. The summed E-state index contributed by atoms with van der Waals surface area (Å²) in [4.78, 5) is 36.9. The zero-order valence-corrected chi connectivity index (χ0v) is 20.4. The molecular formula is C26H29NO8. The lowest BCUT2D eigenvalue weighted by atomic mass is 9.99. The first-order valence-electron chi connectivity index (χ1n) is 11.0. The molecule has 1 atom stereocenters. The van der Waals surface area contributed by atoms with E-state index in [-0.39, 0.29) is 19.3 Å². The molecule has 0 bridgehead atoms. The third-order valence-corrected chi connectivity index (χ3v) is 6.00. The minimum atomic E-state index is -1.07. The molecule has 0 aliphatic carbocycles. The third-order valence-electron chi connectivity index (χ3n) is 6.00. The topological polar surface area (TPSA) is 124 Å². The molecule has 3 aromatic rings. The fraction of sp³-hybridized carbons (Fsp3) is 0.346. The second-order valence-electron chi connectivity index (χ2n) is 8.09. The van der Waals surface area contributed by atoms with E-state index in [4.69, 9.17) is 18.6 Å². The predicted molar refractivity (Wildman–Crippen MR) is 130 cm³/mol.